The van der Waals surface area contributed by atoms with Crippen molar-refractivity contribution in [2.75, 3.05) is 20.2 Å². The van der Waals surface area contributed by atoms with Gasteiger partial charge in [-0.25, -0.2) is 9.50 Å². The number of carbonyl (C=O) groups excluding carboxylic acids is 2. The summed E-state index contributed by atoms with van der Waals surface area (Å²) in [6.45, 7) is 1.40. The van der Waals surface area contributed by atoms with Crippen molar-refractivity contribution in [3.63, 3.8) is 0 Å². The number of benzene rings is 1. The van der Waals surface area contributed by atoms with Gasteiger partial charge in [-0.1, -0.05) is 12.1 Å². The molecule has 0 saturated carbocycles. The predicted octanol–water partition coefficient (Wildman–Crippen LogP) is 1.55. The second-order valence-corrected chi connectivity index (χ2v) is 6.75. The molecule has 0 atom stereocenters. The number of hydrogen-bond acceptors (Lipinski definition) is 5. The van der Waals surface area contributed by atoms with Gasteiger partial charge < -0.3 is 15.4 Å². The van der Waals surface area contributed by atoms with Crippen LogP contribution in [0.3, 0.4) is 0 Å². The van der Waals surface area contributed by atoms with E-state index in [2.05, 4.69) is 16.4 Å². The highest BCUT2D eigenvalue weighted by Crippen LogP contribution is 2.23. The Labute approximate surface area is 161 Å². The van der Waals surface area contributed by atoms with Crippen molar-refractivity contribution >= 4 is 17.5 Å². The van der Waals surface area contributed by atoms with E-state index in [1.54, 1.807) is 31.4 Å². The molecule has 143 valence electrons. The first kappa shape index (κ1) is 18.1. The molecule has 3 aromatic rings. The Kier molecular flexibility index (Phi) is 4.79. The number of nitrogens with two attached hydrogens (primary N) is 1. The van der Waals surface area contributed by atoms with Crippen LogP contribution in [0.25, 0.3) is 16.9 Å². The van der Waals surface area contributed by atoms with Crippen LogP contribution in [-0.4, -0.2) is 57.6 Å². The van der Waals surface area contributed by atoms with Crippen molar-refractivity contribution in [2.24, 2.45) is 5.73 Å². The second-order valence-electron chi connectivity index (χ2n) is 6.75. The SMILES string of the molecule is COC1CCN(C(=O)c2ccc(-c3ccc(C(N)=O)c4n[c]nn34)cc2)CC1. The molecule has 1 fully saturated rings. The first-order chi connectivity index (χ1) is 13.6. The summed E-state index contributed by atoms with van der Waals surface area (Å²) in [7, 11) is 1.71. The van der Waals surface area contributed by atoms with E-state index in [1.807, 2.05) is 17.0 Å². The molecule has 8 heteroatoms. The Balaban J connectivity index is 1.58. The molecule has 0 spiro atoms. The van der Waals surface area contributed by atoms with Gasteiger partial charge in [-0.2, -0.15) is 0 Å². The van der Waals surface area contributed by atoms with Crippen molar-refractivity contribution in [2.45, 2.75) is 18.9 Å². The number of methoxy groups -OCH3 is 1. The summed E-state index contributed by atoms with van der Waals surface area (Å²) >= 11 is 0. The molecule has 28 heavy (non-hydrogen) atoms. The molecule has 2 amide bonds. The van der Waals surface area contributed by atoms with E-state index in [9.17, 15) is 9.59 Å². The van der Waals surface area contributed by atoms with Crippen LogP contribution in [0.5, 0.6) is 0 Å². The maximum absolute atomic E-state index is 12.7. The molecule has 1 aromatic carbocycles. The summed E-state index contributed by atoms with van der Waals surface area (Å²) < 4.78 is 6.88. The molecule has 0 bridgehead atoms. The number of amides is 2. The van der Waals surface area contributed by atoms with Gasteiger partial charge in [0, 0.05) is 31.3 Å². The zero-order chi connectivity index (χ0) is 19.7. The number of pyridine rings is 1. The third-order valence-corrected chi connectivity index (χ3v) is 5.13. The molecule has 4 rings (SSSR count). The van der Waals surface area contributed by atoms with Crippen LogP contribution in [0.15, 0.2) is 36.4 Å². The smallest absolute Gasteiger partial charge is 0.253 e. The fourth-order valence-electron chi connectivity index (χ4n) is 3.53. The average Bonchev–Trinajstić information content (AvgIpc) is 3.22. The Morgan fingerprint density at radius 1 is 1.14 bits per heavy atom. The van der Waals surface area contributed by atoms with Gasteiger partial charge >= 0.3 is 0 Å². The molecule has 1 radical (unpaired) electrons. The van der Waals surface area contributed by atoms with E-state index < -0.39 is 5.91 Å². The van der Waals surface area contributed by atoms with Crippen LogP contribution < -0.4 is 5.73 Å². The van der Waals surface area contributed by atoms with Crippen molar-refractivity contribution < 1.29 is 14.3 Å². The van der Waals surface area contributed by atoms with E-state index >= 15 is 0 Å². The van der Waals surface area contributed by atoms with E-state index in [1.165, 1.54) is 4.52 Å². The number of likely N-dealkylation sites (tertiary alicyclic amines) is 1. The minimum Gasteiger partial charge on any atom is -0.381 e. The molecule has 1 saturated heterocycles. The lowest BCUT2D eigenvalue weighted by molar-refractivity contribution is 0.0350. The largest absolute Gasteiger partial charge is 0.381 e. The quantitative estimate of drug-likeness (QED) is 0.742. The van der Waals surface area contributed by atoms with E-state index in [4.69, 9.17) is 10.5 Å². The molecular formula is C20H20N5O3. The van der Waals surface area contributed by atoms with Crippen LogP contribution in [-0.2, 0) is 4.74 Å². The number of primary amides is 1. The van der Waals surface area contributed by atoms with Crippen LogP contribution >= 0.6 is 0 Å². The number of hydrogen-bond donors (Lipinski definition) is 1. The monoisotopic (exact) mass is 378 g/mol. The summed E-state index contributed by atoms with van der Waals surface area (Å²) in [6.07, 6.45) is 4.45. The number of fused-ring (bicyclic) bond motifs is 1. The third kappa shape index (κ3) is 3.22. The third-order valence-electron chi connectivity index (χ3n) is 5.13. The zero-order valence-electron chi connectivity index (χ0n) is 15.5. The number of carbonyl (C=O) groups is 2. The topological polar surface area (TPSA) is 103 Å². The van der Waals surface area contributed by atoms with Gasteiger partial charge in [0.1, 0.15) is 0 Å². The highest BCUT2D eigenvalue weighted by atomic mass is 16.5. The van der Waals surface area contributed by atoms with Crippen molar-refractivity contribution in [1.82, 2.24) is 19.5 Å². The average molecular weight is 378 g/mol. The zero-order valence-corrected chi connectivity index (χ0v) is 15.5. The Morgan fingerprint density at radius 3 is 2.50 bits per heavy atom. The summed E-state index contributed by atoms with van der Waals surface area (Å²) in [5, 5.41) is 4.07. The normalized spacial score (nSPS) is 15.1. The predicted molar refractivity (Wildman–Crippen MR) is 102 cm³/mol. The van der Waals surface area contributed by atoms with Gasteiger partial charge in [0.05, 0.1) is 17.4 Å². The van der Waals surface area contributed by atoms with Gasteiger partial charge in [-0.15, -0.1) is 5.10 Å². The molecule has 0 aliphatic carbocycles. The fourth-order valence-corrected chi connectivity index (χ4v) is 3.53. The Hall–Kier alpha value is -3.26. The van der Waals surface area contributed by atoms with Crippen LogP contribution in [0, 0.1) is 6.33 Å². The van der Waals surface area contributed by atoms with E-state index in [0.717, 1.165) is 24.1 Å². The van der Waals surface area contributed by atoms with Gasteiger partial charge in [0.25, 0.3) is 11.8 Å². The lowest BCUT2D eigenvalue weighted by Gasteiger charge is -2.31. The lowest BCUT2D eigenvalue weighted by Crippen LogP contribution is -2.40. The minimum absolute atomic E-state index is 0.0180. The molecule has 0 unspecified atom stereocenters. The molecule has 2 N–H and O–H groups in total. The highest BCUT2D eigenvalue weighted by molar-refractivity contribution is 5.99. The number of rotatable bonds is 4. The molecule has 8 nitrogen and oxygen atoms in total. The second kappa shape index (κ2) is 7.40. The van der Waals surface area contributed by atoms with Crippen molar-refractivity contribution in [3.8, 4) is 11.3 Å². The first-order valence-electron chi connectivity index (χ1n) is 9.06. The molecular weight excluding hydrogens is 358 g/mol. The maximum Gasteiger partial charge on any atom is 0.253 e. The van der Waals surface area contributed by atoms with Crippen LogP contribution in [0.2, 0.25) is 0 Å². The summed E-state index contributed by atoms with van der Waals surface area (Å²) in [5.41, 5.74) is 8.23. The molecule has 1 aliphatic rings. The summed E-state index contributed by atoms with van der Waals surface area (Å²) in [6, 6.07) is 10.7. The van der Waals surface area contributed by atoms with Crippen LogP contribution in [0.4, 0.5) is 0 Å². The number of nitrogens with zero attached hydrogens (tertiary/aromatic N) is 4. The van der Waals surface area contributed by atoms with Gasteiger partial charge in [-0.3, -0.25) is 9.59 Å². The Morgan fingerprint density at radius 2 is 1.86 bits per heavy atom. The van der Waals surface area contributed by atoms with Crippen molar-refractivity contribution in [3.05, 3.63) is 53.9 Å². The van der Waals surface area contributed by atoms with Crippen LogP contribution in [0.1, 0.15) is 33.6 Å². The van der Waals surface area contributed by atoms with Gasteiger partial charge in [-0.05, 0) is 37.1 Å². The highest BCUT2D eigenvalue weighted by Gasteiger charge is 2.23. The molecule has 1 aliphatic heterocycles. The maximum atomic E-state index is 12.7. The molecule has 3 heterocycles. The number of ether oxygens (including phenoxy) is 1. The summed E-state index contributed by atoms with van der Waals surface area (Å²) in [4.78, 5) is 30.1. The van der Waals surface area contributed by atoms with Gasteiger partial charge in [0.15, 0.2) is 5.65 Å². The fraction of sp³-hybridized carbons (Fsp3) is 0.300. The van der Waals surface area contributed by atoms with Crippen molar-refractivity contribution in [1.29, 1.82) is 0 Å². The number of aromatic nitrogens is 3. The van der Waals surface area contributed by atoms with Gasteiger partial charge in [0.2, 0.25) is 6.33 Å². The minimum atomic E-state index is -0.573. The molecule has 2 aromatic heterocycles. The lowest BCUT2D eigenvalue weighted by atomic mass is 10.0. The Bertz CT molecular complexity index is 1020. The standard InChI is InChI=1S/C20H20N5O3/c1-28-15-8-10-24(11-9-15)20(27)14-4-2-13(3-5-14)17-7-6-16(18(21)26)19-22-12-23-25(17)19/h2-7,15H,8-11H2,1H3,(H2,21,26). The van der Waals surface area contributed by atoms with E-state index in [0.29, 0.717) is 24.3 Å². The first-order valence-corrected chi connectivity index (χ1v) is 9.06. The summed E-state index contributed by atoms with van der Waals surface area (Å²) in [5.74, 6) is -0.555. The number of piperidine rings is 1. The van der Waals surface area contributed by atoms with E-state index in [-0.39, 0.29) is 17.6 Å².